The third kappa shape index (κ3) is 2.89. The van der Waals surface area contributed by atoms with Crippen LogP contribution < -0.4 is 0 Å². The van der Waals surface area contributed by atoms with Crippen molar-refractivity contribution in [3.05, 3.63) is 64.8 Å². The van der Waals surface area contributed by atoms with Crippen LogP contribution in [0.3, 0.4) is 0 Å². The fourth-order valence-electron chi connectivity index (χ4n) is 4.64. The van der Waals surface area contributed by atoms with E-state index in [0.29, 0.717) is 18.7 Å². The molecule has 2 N–H and O–H groups in total. The molecular formula is C22H24N4O2. The Balaban J connectivity index is 1.37. The minimum absolute atomic E-state index is 0.0284. The first-order valence-corrected chi connectivity index (χ1v) is 9.82. The molecule has 2 unspecified atom stereocenters. The molecule has 144 valence electrons. The van der Waals surface area contributed by atoms with Crippen molar-refractivity contribution in [1.82, 2.24) is 20.0 Å². The number of likely N-dealkylation sites (tertiary alicyclic amines) is 1. The summed E-state index contributed by atoms with van der Waals surface area (Å²) >= 11 is 0. The predicted molar refractivity (Wildman–Crippen MR) is 107 cm³/mol. The van der Waals surface area contributed by atoms with Gasteiger partial charge in [0, 0.05) is 31.6 Å². The summed E-state index contributed by atoms with van der Waals surface area (Å²) in [6.07, 6.45) is 2.20. The molecule has 1 fully saturated rings. The summed E-state index contributed by atoms with van der Waals surface area (Å²) in [4.78, 5) is 17.3. The van der Waals surface area contributed by atoms with Crippen molar-refractivity contribution in [3.8, 4) is 0 Å². The first kappa shape index (κ1) is 17.4. The largest absolute Gasteiger partial charge is 0.390 e. The highest BCUT2D eigenvalue weighted by molar-refractivity contribution is 6.05. The molecule has 2 aliphatic heterocycles. The van der Waals surface area contributed by atoms with Gasteiger partial charge in [-0.2, -0.15) is 5.10 Å². The smallest absolute Gasteiger partial charge is 0.256 e. The lowest BCUT2D eigenvalue weighted by atomic mass is 9.98. The molecule has 1 amide bonds. The highest BCUT2D eigenvalue weighted by atomic mass is 16.3. The molecule has 3 heterocycles. The Morgan fingerprint density at radius 1 is 1.21 bits per heavy atom. The van der Waals surface area contributed by atoms with Crippen molar-refractivity contribution in [3.63, 3.8) is 0 Å². The molecule has 2 atom stereocenters. The lowest BCUT2D eigenvalue weighted by molar-refractivity contribution is 0.0735. The molecule has 2 aliphatic rings. The molecule has 1 aromatic heterocycles. The summed E-state index contributed by atoms with van der Waals surface area (Å²) < 4.78 is 0. The maximum absolute atomic E-state index is 13.2. The second kappa shape index (κ2) is 6.72. The number of aromatic nitrogens is 2. The zero-order chi connectivity index (χ0) is 19.3. The first-order valence-electron chi connectivity index (χ1n) is 9.82. The van der Waals surface area contributed by atoms with Gasteiger partial charge in [-0.25, -0.2) is 0 Å². The lowest BCUT2D eigenvalue weighted by Crippen LogP contribution is -2.45. The predicted octanol–water partition coefficient (Wildman–Crippen LogP) is 2.11. The van der Waals surface area contributed by atoms with Crippen molar-refractivity contribution in [2.45, 2.75) is 32.0 Å². The number of benzene rings is 2. The Morgan fingerprint density at radius 2 is 2.04 bits per heavy atom. The molecule has 2 aromatic carbocycles. The van der Waals surface area contributed by atoms with Crippen molar-refractivity contribution in [2.75, 3.05) is 19.6 Å². The molecule has 3 aromatic rings. The number of aliphatic hydroxyl groups excluding tert-OH is 1. The number of fused-ring (bicyclic) bond motifs is 2. The highest BCUT2D eigenvalue weighted by Gasteiger charge is 2.39. The second-order valence-corrected chi connectivity index (χ2v) is 7.98. The Kier molecular flexibility index (Phi) is 4.18. The fourth-order valence-corrected chi connectivity index (χ4v) is 4.64. The third-order valence-corrected chi connectivity index (χ3v) is 6.10. The average Bonchev–Trinajstić information content (AvgIpc) is 3.32. The lowest BCUT2D eigenvalue weighted by Gasteiger charge is -2.34. The zero-order valence-corrected chi connectivity index (χ0v) is 15.9. The number of aromatic amines is 1. The second-order valence-electron chi connectivity index (χ2n) is 7.98. The number of nitrogens with zero attached hydrogens (tertiary/aromatic N) is 3. The number of H-pyrrole nitrogens is 1. The molecule has 0 aliphatic carbocycles. The number of aryl methyl sites for hydroxylation is 1. The van der Waals surface area contributed by atoms with Crippen molar-refractivity contribution in [2.24, 2.45) is 0 Å². The molecule has 6 heteroatoms. The number of amides is 1. The van der Waals surface area contributed by atoms with E-state index < -0.39 is 6.10 Å². The van der Waals surface area contributed by atoms with Gasteiger partial charge in [0.15, 0.2) is 0 Å². The minimum Gasteiger partial charge on any atom is -0.390 e. The van der Waals surface area contributed by atoms with E-state index in [2.05, 4.69) is 39.4 Å². The summed E-state index contributed by atoms with van der Waals surface area (Å²) in [5.41, 5.74) is 5.13. The molecule has 1 saturated heterocycles. The van der Waals surface area contributed by atoms with Gasteiger partial charge in [0.1, 0.15) is 0 Å². The highest BCUT2D eigenvalue weighted by Crippen LogP contribution is 2.27. The number of nitrogens with one attached hydrogen (secondary N) is 1. The molecule has 0 bridgehead atoms. The van der Waals surface area contributed by atoms with E-state index >= 15 is 0 Å². The maximum Gasteiger partial charge on any atom is 0.256 e. The van der Waals surface area contributed by atoms with Gasteiger partial charge in [-0.3, -0.25) is 14.8 Å². The van der Waals surface area contributed by atoms with Gasteiger partial charge in [0.2, 0.25) is 0 Å². The van der Waals surface area contributed by atoms with Gasteiger partial charge < -0.3 is 10.0 Å². The van der Waals surface area contributed by atoms with Gasteiger partial charge in [0.05, 0.1) is 29.4 Å². The Labute approximate surface area is 163 Å². The Bertz CT molecular complexity index is 1040. The van der Waals surface area contributed by atoms with Crippen LogP contribution >= 0.6 is 0 Å². The van der Waals surface area contributed by atoms with E-state index in [1.807, 2.05) is 19.1 Å². The van der Waals surface area contributed by atoms with Crippen LogP contribution in [0, 0.1) is 6.92 Å². The van der Waals surface area contributed by atoms with Crippen LogP contribution in [-0.4, -0.2) is 62.8 Å². The number of rotatable bonds is 2. The third-order valence-electron chi connectivity index (χ3n) is 6.10. The summed E-state index contributed by atoms with van der Waals surface area (Å²) in [5.74, 6) is -0.0445. The van der Waals surface area contributed by atoms with E-state index in [1.54, 1.807) is 11.1 Å². The standard InChI is InChI=1S/C22H24N4O2/c1-14-8-17-10-23-24-21(17)18(9-14)22(28)26-12-19(20(27)13-26)25-7-6-15-4-2-3-5-16(15)11-25/h2-5,8-10,19-20,27H,6-7,11-13H2,1H3,(H,23,24). The van der Waals surface area contributed by atoms with Crippen LogP contribution in [-0.2, 0) is 13.0 Å². The van der Waals surface area contributed by atoms with Gasteiger partial charge in [-0.1, -0.05) is 24.3 Å². The van der Waals surface area contributed by atoms with Crippen LogP contribution in [0.5, 0.6) is 0 Å². The first-order chi connectivity index (χ1) is 13.6. The summed E-state index contributed by atoms with van der Waals surface area (Å²) in [6.45, 7) is 4.64. The van der Waals surface area contributed by atoms with E-state index in [9.17, 15) is 9.90 Å². The van der Waals surface area contributed by atoms with Gasteiger partial charge in [-0.15, -0.1) is 0 Å². The summed E-state index contributed by atoms with van der Waals surface area (Å²) in [5, 5.41) is 18.7. The number of hydrogen-bond donors (Lipinski definition) is 2. The van der Waals surface area contributed by atoms with Crippen LogP contribution in [0.15, 0.2) is 42.6 Å². The van der Waals surface area contributed by atoms with Crippen LogP contribution in [0.4, 0.5) is 0 Å². The van der Waals surface area contributed by atoms with Gasteiger partial charge in [0.25, 0.3) is 5.91 Å². The van der Waals surface area contributed by atoms with E-state index in [4.69, 9.17) is 0 Å². The number of aliphatic hydroxyl groups is 1. The van der Waals surface area contributed by atoms with E-state index in [1.165, 1.54) is 11.1 Å². The summed E-state index contributed by atoms with van der Waals surface area (Å²) in [7, 11) is 0. The molecule has 6 nitrogen and oxygen atoms in total. The van der Waals surface area contributed by atoms with E-state index in [-0.39, 0.29) is 11.9 Å². The quantitative estimate of drug-likeness (QED) is 0.719. The SMILES string of the molecule is Cc1cc(C(=O)N2CC(O)C(N3CCc4ccccc4C3)C2)c2[nH]ncc2c1. The van der Waals surface area contributed by atoms with E-state index in [0.717, 1.165) is 36.0 Å². The fraction of sp³-hybridized carbons (Fsp3) is 0.364. The molecule has 28 heavy (non-hydrogen) atoms. The van der Waals surface area contributed by atoms with Crippen molar-refractivity contribution < 1.29 is 9.90 Å². The molecule has 0 radical (unpaired) electrons. The number of carbonyl (C=O) groups is 1. The van der Waals surface area contributed by atoms with Crippen molar-refractivity contribution in [1.29, 1.82) is 0 Å². The van der Waals surface area contributed by atoms with Crippen LogP contribution in [0.25, 0.3) is 10.9 Å². The molecule has 0 spiro atoms. The Hall–Kier alpha value is -2.70. The Morgan fingerprint density at radius 3 is 2.89 bits per heavy atom. The van der Waals surface area contributed by atoms with Gasteiger partial charge >= 0.3 is 0 Å². The van der Waals surface area contributed by atoms with Crippen molar-refractivity contribution >= 4 is 16.8 Å². The summed E-state index contributed by atoms with van der Waals surface area (Å²) in [6, 6.07) is 12.4. The number of hydrogen-bond acceptors (Lipinski definition) is 4. The van der Waals surface area contributed by atoms with Crippen LogP contribution in [0.2, 0.25) is 0 Å². The normalized spacial score (nSPS) is 22.6. The maximum atomic E-state index is 13.2. The molecule has 5 rings (SSSR count). The molecule has 0 saturated carbocycles. The molecular weight excluding hydrogens is 352 g/mol. The topological polar surface area (TPSA) is 72.5 Å². The number of β-amino-alcohol motifs (C(OH)–C–C–N with tert-alkyl or cyclic N) is 1. The van der Waals surface area contributed by atoms with Crippen LogP contribution in [0.1, 0.15) is 27.0 Å². The zero-order valence-electron chi connectivity index (χ0n) is 15.9. The number of carbonyl (C=O) groups excluding carboxylic acids is 1. The monoisotopic (exact) mass is 376 g/mol. The average molecular weight is 376 g/mol. The minimum atomic E-state index is -0.531. The van der Waals surface area contributed by atoms with Gasteiger partial charge in [-0.05, 0) is 42.2 Å².